The molecule has 2 nitrogen and oxygen atoms in total. The fourth-order valence-corrected chi connectivity index (χ4v) is 2.03. The van der Waals surface area contributed by atoms with Crippen LogP contribution in [-0.4, -0.2) is 11.2 Å². The first-order valence-electron chi connectivity index (χ1n) is 5.24. The highest BCUT2D eigenvalue weighted by atomic mass is 79.9. The summed E-state index contributed by atoms with van der Waals surface area (Å²) >= 11 is 8.74. The van der Waals surface area contributed by atoms with E-state index in [1.807, 2.05) is 0 Å². The van der Waals surface area contributed by atoms with Crippen molar-refractivity contribution in [2.45, 2.75) is 33.7 Å². The summed E-state index contributed by atoms with van der Waals surface area (Å²) in [4.78, 5) is 0. The first kappa shape index (κ1) is 13.5. The molecule has 0 amide bonds. The fourth-order valence-electron chi connectivity index (χ4n) is 1.45. The van der Waals surface area contributed by atoms with Crippen LogP contribution in [0.15, 0.2) is 16.6 Å². The second-order valence-corrected chi connectivity index (χ2v) is 5.38. The van der Waals surface area contributed by atoms with Crippen LogP contribution in [-0.2, 0) is 0 Å². The average molecular weight is 301 g/mol. The smallest absolute Gasteiger partial charge is 0.170 e. The summed E-state index contributed by atoms with van der Waals surface area (Å²) in [6, 6.07) is 4.49. The highest BCUT2D eigenvalue weighted by molar-refractivity contribution is 9.10. The van der Waals surface area contributed by atoms with Gasteiger partial charge in [0.25, 0.3) is 0 Å². The number of rotatable bonds is 2. The fraction of sp³-hybridized carbons (Fsp3) is 0.417. The first-order chi connectivity index (χ1) is 7.40. The normalized spacial score (nSPS) is 10.4. The van der Waals surface area contributed by atoms with Crippen molar-refractivity contribution in [2.24, 2.45) is 0 Å². The van der Waals surface area contributed by atoms with Crippen LogP contribution in [0.2, 0.25) is 0 Å². The standard InChI is InChI=1S/C12H17BrN2S/c1-7(2)14-12(16)15-10-5-8(3)11(13)9(4)6-10/h5-7H,1-4H3,(H2,14,15,16). The molecule has 0 saturated carbocycles. The summed E-state index contributed by atoms with van der Waals surface area (Å²) in [6.45, 7) is 8.26. The lowest BCUT2D eigenvalue weighted by Gasteiger charge is -2.14. The zero-order valence-electron chi connectivity index (χ0n) is 10.0. The van der Waals surface area contributed by atoms with Crippen molar-refractivity contribution in [3.8, 4) is 0 Å². The molecular weight excluding hydrogens is 284 g/mol. The van der Waals surface area contributed by atoms with Crippen LogP contribution in [0.5, 0.6) is 0 Å². The number of aryl methyl sites for hydroxylation is 2. The Bertz CT molecular complexity index is 379. The van der Waals surface area contributed by atoms with Crippen molar-refractivity contribution in [1.82, 2.24) is 5.32 Å². The van der Waals surface area contributed by atoms with Crippen LogP contribution in [0, 0.1) is 13.8 Å². The van der Waals surface area contributed by atoms with E-state index >= 15 is 0 Å². The lowest BCUT2D eigenvalue weighted by Crippen LogP contribution is -2.33. The van der Waals surface area contributed by atoms with Gasteiger partial charge in [-0.1, -0.05) is 15.9 Å². The maximum atomic E-state index is 5.20. The molecule has 1 aromatic rings. The largest absolute Gasteiger partial charge is 0.360 e. The number of hydrogen-bond donors (Lipinski definition) is 2. The van der Waals surface area contributed by atoms with E-state index in [4.69, 9.17) is 12.2 Å². The Morgan fingerprint density at radius 2 is 1.75 bits per heavy atom. The minimum absolute atomic E-state index is 0.345. The Hall–Kier alpha value is -0.610. The van der Waals surface area contributed by atoms with Crippen molar-refractivity contribution in [3.63, 3.8) is 0 Å². The molecule has 0 fully saturated rings. The maximum absolute atomic E-state index is 5.20. The van der Waals surface area contributed by atoms with Gasteiger partial charge in [0, 0.05) is 16.2 Å². The van der Waals surface area contributed by atoms with Gasteiger partial charge in [0.05, 0.1) is 0 Å². The number of benzene rings is 1. The van der Waals surface area contributed by atoms with Crippen LogP contribution in [0.4, 0.5) is 5.69 Å². The lowest BCUT2D eigenvalue weighted by atomic mass is 10.1. The summed E-state index contributed by atoms with van der Waals surface area (Å²) in [7, 11) is 0. The molecule has 0 radical (unpaired) electrons. The van der Waals surface area contributed by atoms with E-state index in [-0.39, 0.29) is 0 Å². The van der Waals surface area contributed by atoms with E-state index < -0.39 is 0 Å². The zero-order valence-corrected chi connectivity index (χ0v) is 12.4. The Morgan fingerprint density at radius 1 is 1.25 bits per heavy atom. The van der Waals surface area contributed by atoms with Crippen LogP contribution >= 0.6 is 28.1 Å². The first-order valence-corrected chi connectivity index (χ1v) is 6.44. The molecule has 16 heavy (non-hydrogen) atoms. The van der Waals surface area contributed by atoms with Gasteiger partial charge in [0.1, 0.15) is 0 Å². The summed E-state index contributed by atoms with van der Waals surface area (Å²) in [5.41, 5.74) is 3.43. The van der Waals surface area contributed by atoms with Crippen molar-refractivity contribution in [3.05, 3.63) is 27.7 Å². The van der Waals surface area contributed by atoms with Gasteiger partial charge >= 0.3 is 0 Å². The second-order valence-electron chi connectivity index (χ2n) is 4.18. The molecule has 1 aromatic carbocycles. The quantitative estimate of drug-likeness (QED) is 0.813. The Labute approximate surface area is 111 Å². The third-order valence-corrected chi connectivity index (χ3v) is 3.58. The lowest BCUT2D eigenvalue weighted by molar-refractivity contribution is 0.739. The summed E-state index contributed by atoms with van der Waals surface area (Å²) < 4.78 is 1.15. The summed E-state index contributed by atoms with van der Waals surface area (Å²) in [6.07, 6.45) is 0. The van der Waals surface area contributed by atoms with Gasteiger partial charge in [-0.05, 0) is 63.2 Å². The van der Waals surface area contributed by atoms with Gasteiger partial charge < -0.3 is 10.6 Å². The molecule has 2 N–H and O–H groups in total. The topological polar surface area (TPSA) is 24.1 Å². The van der Waals surface area contributed by atoms with Gasteiger partial charge in [-0.3, -0.25) is 0 Å². The van der Waals surface area contributed by atoms with Gasteiger partial charge in [0.2, 0.25) is 0 Å². The van der Waals surface area contributed by atoms with Crippen LogP contribution in [0.3, 0.4) is 0 Å². The molecule has 1 rings (SSSR count). The average Bonchev–Trinajstić information content (AvgIpc) is 2.12. The number of nitrogens with one attached hydrogen (secondary N) is 2. The number of halogens is 1. The third kappa shape index (κ3) is 3.76. The minimum atomic E-state index is 0.345. The van der Waals surface area contributed by atoms with E-state index in [2.05, 4.69) is 66.4 Å². The molecular formula is C12H17BrN2S. The second kappa shape index (κ2) is 5.64. The third-order valence-electron chi connectivity index (χ3n) is 2.11. The predicted octanol–water partition coefficient (Wildman–Crippen LogP) is 3.76. The van der Waals surface area contributed by atoms with Crippen LogP contribution in [0.1, 0.15) is 25.0 Å². The summed E-state index contributed by atoms with van der Waals surface area (Å²) in [5.74, 6) is 0. The molecule has 0 aliphatic heterocycles. The highest BCUT2D eigenvalue weighted by Gasteiger charge is 2.04. The van der Waals surface area contributed by atoms with E-state index in [1.165, 1.54) is 11.1 Å². The molecule has 88 valence electrons. The molecule has 0 aliphatic carbocycles. The number of thiocarbonyl (C=S) groups is 1. The Morgan fingerprint density at radius 3 is 2.19 bits per heavy atom. The van der Waals surface area contributed by atoms with Crippen molar-refractivity contribution < 1.29 is 0 Å². The Kier molecular flexibility index (Phi) is 4.74. The van der Waals surface area contributed by atoms with Gasteiger partial charge in [0.15, 0.2) is 5.11 Å². The molecule has 0 saturated heterocycles. The van der Waals surface area contributed by atoms with Crippen LogP contribution in [0.25, 0.3) is 0 Å². The number of hydrogen-bond acceptors (Lipinski definition) is 1. The maximum Gasteiger partial charge on any atom is 0.170 e. The monoisotopic (exact) mass is 300 g/mol. The Balaban J connectivity index is 2.79. The SMILES string of the molecule is Cc1cc(NC(=S)NC(C)C)cc(C)c1Br. The highest BCUT2D eigenvalue weighted by Crippen LogP contribution is 2.24. The summed E-state index contributed by atoms with van der Waals surface area (Å²) in [5, 5.41) is 7.00. The molecule has 0 atom stereocenters. The molecule has 4 heteroatoms. The van der Waals surface area contributed by atoms with Crippen LogP contribution < -0.4 is 10.6 Å². The predicted molar refractivity (Wildman–Crippen MR) is 78.1 cm³/mol. The molecule has 0 aliphatic rings. The van der Waals surface area contributed by atoms with E-state index in [0.29, 0.717) is 11.2 Å². The van der Waals surface area contributed by atoms with Crippen molar-refractivity contribution in [1.29, 1.82) is 0 Å². The minimum Gasteiger partial charge on any atom is -0.360 e. The van der Waals surface area contributed by atoms with E-state index in [0.717, 1.165) is 10.2 Å². The van der Waals surface area contributed by atoms with Crippen molar-refractivity contribution >= 4 is 38.9 Å². The zero-order chi connectivity index (χ0) is 12.3. The number of anilines is 1. The van der Waals surface area contributed by atoms with Gasteiger partial charge in [-0.15, -0.1) is 0 Å². The molecule has 0 aromatic heterocycles. The molecule has 0 heterocycles. The molecule has 0 unspecified atom stereocenters. The molecule has 0 spiro atoms. The van der Waals surface area contributed by atoms with E-state index in [9.17, 15) is 0 Å². The van der Waals surface area contributed by atoms with Crippen molar-refractivity contribution in [2.75, 3.05) is 5.32 Å². The molecule has 0 bridgehead atoms. The van der Waals surface area contributed by atoms with Gasteiger partial charge in [-0.2, -0.15) is 0 Å². The van der Waals surface area contributed by atoms with E-state index in [1.54, 1.807) is 0 Å². The van der Waals surface area contributed by atoms with Gasteiger partial charge in [-0.25, -0.2) is 0 Å².